The van der Waals surface area contributed by atoms with Gasteiger partial charge in [0, 0.05) is 0 Å². The summed E-state index contributed by atoms with van der Waals surface area (Å²) in [4.78, 5) is 11.3. The summed E-state index contributed by atoms with van der Waals surface area (Å²) >= 11 is 0. The summed E-state index contributed by atoms with van der Waals surface area (Å²) in [5, 5.41) is 9.61. The Morgan fingerprint density at radius 1 is 1.22 bits per heavy atom. The lowest BCUT2D eigenvalue weighted by Gasteiger charge is -2.01. The molecule has 0 saturated carbocycles. The van der Waals surface area contributed by atoms with Crippen LogP contribution < -0.4 is 0 Å². The molecular formula is C15H24O3. The van der Waals surface area contributed by atoms with Gasteiger partial charge in [-0.25, -0.2) is 4.79 Å². The SMILES string of the molecule is C=C1OC(=O)/C(=C\CCCCCCCCC)[C@@H]1O. The van der Waals surface area contributed by atoms with Gasteiger partial charge in [0.15, 0.2) is 0 Å². The van der Waals surface area contributed by atoms with Crippen molar-refractivity contribution in [1.82, 2.24) is 0 Å². The van der Waals surface area contributed by atoms with Crippen molar-refractivity contribution < 1.29 is 14.6 Å². The fraction of sp³-hybridized carbons (Fsp3) is 0.667. The van der Waals surface area contributed by atoms with Gasteiger partial charge in [-0.2, -0.15) is 0 Å². The predicted octanol–water partition coefficient (Wildman–Crippen LogP) is 3.48. The number of hydrogen-bond donors (Lipinski definition) is 1. The highest BCUT2D eigenvalue weighted by molar-refractivity contribution is 5.93. The largest absolute Gasteiger partial charge is 0.425 e. The smallest absolute Gasteiger partial charge is 0.341 e. The molecule has 1 aliphatic heterocycles. The molecule has 1 aliphatic rings. The number of aliphatic hydroxyl groups is 1. The van der Waals surface area contributed by atoms with Gasteiger partial charge in [-0.1, -0.05) is 58.1 Å². The Labute approximate surface area is 110 Å². The molecule has 1 atom stereocenters. The van der Waals surface area contributed by atoms with Crippen LogP contribution in [-0.4, -0.2) is 17.2 Å². The quantitative estimate of drug-likeness (QED) is 0.408. The molecule has 0 aromatic carbocycles. The first kappa shape index (κ1) is 15.0. The summed E-state index contributed by atoms with van der Waals surface area (Å²) in [5.74, 6) is -0.304. The Morgan fingerprint density at radius 2 is 1.83 bits per heavy atom. The fourth-order valence-corrected chi connectivity index (χ4v) is 2.07. The Morgan fingerprint density at radius 3 is 2.39 bits per heavy atom. The van der Waals surface area contributed by atoms with Crippen molar-refractivity contribution in [2.75, 3.05) is 0 Å². The minimum atomic E-state index is -0.929. The minimum Gasteiger partial charge on any atom is -0.425 e. The maximum atomic E-state index is 11.3. The average Bonchev–Trinajstić information content (AvgIpc) is 2.58. The van der Waals surface area contributed by atoms with E-state index in [1.807, 2.05) is 0 Å². The molecule has 18 heavy (non-hydrogen) atoms. The summed E-state index contributed by atoms with van der Waals surface area (Å²) in [6, 6.07) is 0. The summed E-state index contributed by atoms with van der Waals surface area (Å²) in [7, 11) is 0. The van der Waals surface area contributed by atoms with Crippen LogP contribution in [-0.2, 0) is 9.53 Å². The molecular weight excluding hydrogens is 228 g/mol. The lowest BCUT2D eigenvalue weighted by molar-refractivity contribution is -0.132. The van der Waals surface area contributed by atoms with Crippen molar-refractivity contribution >= 4 is 5.97 Å². The second-order valence-electron chi connectivity index (χ2n) is 4.83. The number of aliphatic hydroxyl groups excluding tert-OH is 1. The maximum Gasteiger partial charge on any atom is 0.341 e. The van der Waals surface area contributed by atoms with Crippen LogP contribution in [0.3, 0.4) is 0 Å². The predicted molar refractivity (Wildman–Crippen MR) is 71.9 cm³/mol. The summed E-state index contributed by atoms with van der Waals surface area (Å²) in [6.45, 7) is 5.70. The molecule has 3 nitrogen and oxygen atoms in total. The minimum absolute atomic E-state index is 0.144. The average molecular weight is 252 g/mol. The zero-order valence-electron chi connectivity index (χ0n) is 11.3. The van der Waals surface area contributed by atoms with Crippen LogP contribution in [0.5, 0.6) is 0 Å². The number of hydrogen-bond acceptors (Lipinski definition) is 3. The van der Waals surface area contributed by atoms with E-state index < -0.39 is 12.1 Å². The number of carbonyl (C=O) groups excluding carboxylic acids is 1. The standard InChI is InChI=1S/C15H24O3/c1-3-4-5-6-7-8-9-10-11-13-14(16)12(2)18-15(13)17/h11,14,16H,2-10H2,1H3/b13-11-/t14-/m1/s1. The molecule has 0 aromatic rings. The first-order chi connectivity index (χ1) is 8.66. The van der Waals surface area contributed by atoms with Crippen LogP contribution in [0.4, 0.5) is 0 Å². The van der Waals surface area contributed by atoms with Gasteiger partial charge in [0.2, 0.25) is 0 Å². The van der Waals surface area contributed by atoms with E-state index in [2.05, 4.69) is 13.5 Å². The van der Waals surface area contributed by atoms with Crippen molar-refractivity contribution in [2.24, 2.45) is 0 Å². The van der Waals surface area contributed by atoms with Gasteiger partial charge in [-0.15, -0.1) is 0 Å². The summed E-state index contributed by atoms with van der Waals surface area (Å²) in [5.41, 5.74) is 0.353. The molecule has 0 aromatic heterocycles. The lowest BCUT2D eigenvalue weighted by atomic mass is 10.1. The van der Waals surface area contributed by atoms with E-state index in [1.54, 1.807) is 6.08 Å². The zero-order valence-corrected chi connectivity index (χ0v) is 11.3. The molecule has 1 N–H and O–H groups in total. The topological polar surface area (TPSA) is 46.5 Å². The molecule has 0 unspecified atom stereocenters. The summed E-state index contributed by atoms with van der Waals surface area (Å²) < 4.78 is 4.76. The Hall–Kier alpha value is -1.09. The second-order valence-corrected chi connectivity index (χ2v) is 4.83. The second kappa shape index (κ2) is 8.09. The van der Waals surface area contributed by atoms with Crippen LogP contribution in [0, 0.1) is 0 Å². The number of cyclic esters (lactones) is 1. The molecule has 0 aliphatic carbocycles. The van der Waals surface area contributed by atoms with Crippen LogP contribution in [0.2, 0.25) is 0 Å². The van der Waals surface area contributed by atoms with Crippen molar-refractivity contribution in [1.29, 1.82) is 0 Å². The number of carbonyl (C=O) groups is 1. The van der Waals surface area contributed by atoms with Gasteiger partial charge < -0.3 is 9.84 Å². The van der Waals surface area contributed by atoms with E-state index >= 15 is 0 Å². The summed E-state index contributed by atoms with van der Waals surface area (Å²) in [6.07, 6.45) is 10.4. The van der Waals surface area contributed by atoms with Crippen LogP contribution in [0.1, 0.15) is 58.3 Å². The highest BCUT2D eigenvalue weighted by Crippen LogP contribution is 2.23. The van der Waals surface area contributed by atoms with Gasteiger partial charge in [0.05, 0.1) is 5.57 Å². The van der Waals surface area contributed by atoms with Crippen molar-refractivity contribution in [3.05, 3.63) is 24.0 Å². The molecule has 1 heterocycles. The Balaban J connectivity index is 2.13. The monoisotopic (exact) mass is 252 g/mol. The van der Waals surface area contributed by atoms with Crippen LogP contribution in [0.15, 0.2) is 24.0 Å². The lowest BCUT2D eigenvalue weighted by Crippen LogP contribution is -2.07. The van der Waals surface area contributed by atoms with Gasteiger partial charge in [0.25, 0.3) is 0 Å². The first-order valence-corrected chi connectivity index (χ1v) is 6.96. The zero-order chi connectivity index (χ0) is 13.4. The molecule has 102 valence electrons. The highest BCUT2D eigenvalue weighted by Gasteiger charge is 2.32. The van der Waals surface area contributed by atoms with Gasteiger partial charge in [-0.05, 0) is 12.8 Å². The number of rotatable bonds is 8. The van der Waals surface area contributed by atoms with Crippen molar-refractivity contribution in [2.45, 2.75) is 64.4 Å². The Bertz CT molecular complexity index is 318. The highest BCUT2D eigenvalue weighted by atomic mass is 16.6. The molecule has 0 spiro atoms. The molecule has 0 bridgehead atoms. The maximum absolute atomic E-state index is 11.3. The normalized spacial score (nSPS) is 21.7. The van der Waals surface area contributed by atoms with E-state index in [9.17, 15) is 9.90 Å². The third-order valence-corrected chi connectivity index (χ3v) is 3.23. The number of esters is 1. The van der Waals surface area contributed by atoms with Crippen molar-refractivity contribution in [3.63, 3.8) is 0 Å². The van der Waals surface area contributed by atoms with E-state index in [0.717, 1.165) is 12.8 Å². The van der Waals surface area contributed by atoms with Crippen molar-refractivity contribution in [3.8, 4) is 0 Å². The molecule has 3 heteroatoms. The van der Waals surface area contributed by atoms with Gasteiger partial charge in [0.1, 0.15) is 11.9 Å². The third kappa shape index (κ3) is 4.65. The van der Waals surface area contributed by atoms with Gasteiger partial charge >= 0.3 is 5.97 Å². The third-order valence-electron chi connectivity index (χ3n) is 3.23. The van der Waals surface area contributed by atoms with Gasteiger partial charge in [-0.3, -0.25) is 0 Å². The molecule has 0 radical (unpaired) electrons. The first-order valence-electron chi connectivity index (χ1n) is 6.96. The number of allylic oxidation sites excluding steroid dienone is 1. The van der Waals surface area contributed by atoms with E-state index in [1.165, 1.54) is 38.5 Å². The Kier molecular flexibility index (Phi) is 6.73. The fourth-order valence-electron chi connectivity index (χ4n) is 2.07. The molecule has 0 amide bonds. The molecule has 1 rings (SSSR count). The number of ether oxygens (including phenoxy) is 1. The molecule has 1 saturated heterocycles. The van der Waals surface area contributed by atoms with Crippen LogP contribution >= 0.6 is 0 Å². The number of unbranched alkanes of at least 4 members (excludes halogenated alkanes) is 7. The van der Waals surface area contributed by atoms with E-state index in [4.69, 9.17) is 4.74 Å². The molecule has 1 fully saturated rings. The van der Waals surface area contributed by atoms with E-state index in [-0.39, 0.29) is 5.76 Å². The van der Waals surface area contributed by atoms with E-state index in [0.29, 0.717) is 5.57 Å². The van der Waals surface area contributed by atoms with Crippen LogP contribution in [0.25, 0.3) is 0 Å².